The number of nitrogens with one attached hydrogen (secondary N) is 1. The van der Waals surface area contributed by atoms with Gasteiger partial charge in [-0.3, -0.25) is 0 Å². The molecule has 27 heavy (non-hydrogen) atoms. The molecule has 0 aromatic carbocycles. The zero-order chi connectivity index (χ0) is 19.2. The molecule has 0 spiro atoms. The maximum Gasteiger partial charge on any atom is 0.414 e. The number of aliphatic carboxylic acids is 2. The zero-order valence-electron chi connectivity index (χ0n) is 14.5. The molecule has 9 heteroatoms. The van der Waals surface area contributed by atoms with Gasteiger partial charge >= 0.3 is 11.9 Å². The van der Waals surface area contributed by atoms with E-state index in [1.165, 1.54) is 46.4 Å². The quantitative estimate of drug-likeness (QED) is 0.570. The molecule has 1 aliphatic rings. The predicted molar refractivity (Wildman–Crippen MR) is 106 cm³/mol. The lowest BCUT2D eigenvalue weighted by Gasteiger charge is -2.12. The topological polar surface area (TPSA) is 112 Å². The number of fused-ring (bicyclic) bond motifs is 3. The van der Waals surface area contributed by atoms with Crippen LogP contribution in [-0.2, 0) is 28.9 Å². The van der Waals surface area contributed by atoms with Crippen molar-refractivity contribution in [2.45, 2.75) is 32.1 Å². The normalized spacial score (nSPS) is 12.7. The van der Waals surface area contributed by atoms with Gasteiger partial charge < -0.3 is 15.5 Å². The van der Waals surface area contributed by atoms with Gasteiger partial charge in [-0.15, -0.1) is 22.7 Å². The van der Waals surface area contributed by atoms with Gasteiger partial charge in [-0.2, -0.15) is 0 Å². The van der Waals surface area contributed by atoms with Gasteiger partial charge in [-0.1, -0.05) is 6.07 Å². The third-order valence-corrected chi connectivity index (χ3v) is 6.31. The van der Waals surface area contributed by atoms with Crippen molar-refractivity contribution >= 4 is 50.6 Å². The van der Waals surface area contributed by atoms with E-state index in [2.05, 4.69) is 32.8 Å². The third-order valence-electron chi connectivity index (χ3n) is 4.18. The van der Waals surface area contributed by atoms with E-state index in [-0.39, 0.29) is 0 Å². The van der Waals surface area contributed by atoms with Crippen molar-refractivity contribution in [1.82, 2.24) is 9.97 Å². The van der Waals surface area contributed by atoms with Crippen LogP contribution in [0.5, 0.6) is 0 Å². The first-order valence-electron chi connectivity index (χ1n) is 8.54. The van der Waals surface area contributed by atoms with E-state index in [4.69, 9.17) is 19.8 Å². The van der Waals surface area contributed by atoms with Crippen molar-refractivity contribution in [2.24, 2.45) is 0 Å². The number of aromatic nitrogens is 2. The number of anilines is 1. The average Bonchev–Trinajstić information content (AvgIpc) is 3.29. The number of aryl methyl sites for hydroxylation is 2. The van der Waals surface area contributed by atoms with E-state index in [0.29, 0.717) is 0 Å². The Morgan fingerprint density at radius 1 is 1.15 bits per heavy atom. The largest absolute Gasteiger partial charge is 0.473 e. The minimum atomic E-state index is -1.82. The molecule has 3 heterocycles. The molecule has 0 atom stereocenters. The van der Waals surface area contributed by atoms with Crippen LogP contribution in [0.3, 0.4) is 0 Å². The molecule has 4 rings (SSSR count). The average molecular weight is 406 g/mol. The summed E-state index contributed by atoms with van der Waals surface area (Å²) < 4.78 is 0. The van der Waals surface area contributed by atoms with Crippen LogP contribution in [0.2, 0.25) is 0 Å². The Bertz CT molecular complexity index is 926. The van der Waals surface area contributed by atoms with Gasteiger partial charge in [0, 0.05) is 16.3 Å². The Balaban J connectivity index is 0.000000307. The number of hydrogen-bond donors (Lipinski definition) is 3. The molecule has 0 saturated carbocycles. The Morgan fingerprint density at radius 3 is 2.63 bits per heavy atom. The van der Waals surface area contributed by atoms with Gasteiger partial charge in [-0.25, -0.2) is 19.6 Å². The maximum absolute atomic E-state index is 9.10. The summed E-state index contributed by atoms with van der Waals surface area (Å²) in [5.74, 6) is -2.62. The first-order chi connectivity index (χ1) is 13.1. The first-order valence-corrected chi connectivity index (χ1v) is 10.2. The number of thiophene rings is 2. The monoisotopic (exact) mass is 405 g/mol. The SMILES string of the molecule is O=C(O)C(=O)O.c1csc(CCNc2ncnc3sc4c(c23)CCCC4)c1. The molecule has 3 N–H and O–H groups in total. The fraction of sp³-hybridized carbons (Fsp3) is 0.333. The third kappa shape index (κ3) is 4.81. The lowest BCUT2D eigenvalue weighted by Crippen LogP contribution is -2.09. The molecule has 142 valence electrons. The van der Waals surface area contributed by atoms with Gasteiger partial charge in [-0.05, 0) is 49.1 Å². The van der Waals surface area contributed by atoms with Crippen molar-refractivity contribution in [3.8, 4) is 0 Å². The molecule has 0 radical (unpaired) electrons. The summed E-state index contributed by atoms with van der Waals surface area (Å²) in [6.07, 6.45) is 7.75. The van der Waals surface area contributed by atoms with E-state index >= 15 is 0 Å². The van der Waals surface area contributed by atoms with Crippen molar-refractivity contribution in [3.63, 3.8) is 0 Å². The van der Waals surface area contributed by atoms with Crippen LogP contribution in [0.15, 0.2) is 23.8 Å². The van der Waals surface area contributed by atoms with Crippen molar-refractivity contribution in [3.05, 3.63) is 39.2 Å². The number of rotatable bonds is 4. The maximum atomic E-state index is 9.10. The summed E-state index contributed by atoms with van der Waals surface area (Å²) in [5.41, 5.74) is 1.50. The van der Waals surface area contributed by atoms with Crippen molar-refractivity contribution < 1.29 is 19.8 Å². The van der Waals surface area contributed by atoms with Crippen LogP contribution in [0.1, 0.15) is 28.2 Å². The van der Waals surface area contributed by atoms with Gasteiger partial charge in [0.2, 0.25) is 0 Å². The molecule has 0 bridgehead atoms. The number of carbonyl (C=O) groups is 2. The summed E-state index contributed by atoms with van der Waals surface area (Å²) in [6.45, 7) is 0.928. The number of carboxylic acid groups (broad SMARTS) is 2. The lowest BCUT2D eigenvalue weighted by molar-refractivity contribution is -0.159. The van der Waals surface area contributed by atoms with Crippen LogP contribution in [0, 0.1) is 0 Å². The molecule has 0 saturated heterocycles. The number of carboxylic acids is 2. The fourth-order valence-electron chi connectivity index (χ4n) is 2.98. The Hall–Kier alpha value is -2.52. The second kappa shape index (κ2) is 8.92. The zero-order valence-corrected chi connectivity index (χ0v) is 16.1. The highest BCUT2D eigenvalue weighted by molar-refractivity contribution is 7.19. The molecule has 1 aliphatic carbocycles. The second-order valence-electron chi connectivity index (χ2n) is 5.98. The number of nitrogens with zero attached hydrogens (tertiary/aromatic N) is 2. The van der Waals surface area contributed by atoms with E-state index in [1.54, 1.807) is 6.33 Å². The highest BCUT2D eigenvalue weighted by Crippen LogP contribution is 2.38. The Kier molecular flexibility index (Phi) is 6.36. The molecule has 7 nitrogen and oxygen atoms in total. The van der Waals surface area contributed by atoms with Gasteiger partial charge in [0.25, 0.3) is 0 Å². The molecule has 3 aromatic heterocycles. The molecule has 0 unspecified atom stereocenters. The molecule has 0 fully saturated rings. The number of hydrogen-bond acceptors (Lipinski definition) is 7. The van der Waals surface area contributed by atoms with Crippen LogP contribution in [0.25, 0.3) is 10.2 Å². The molecular formula is C18H19N3O4S2. The molecule has 3 aromatic rings. The van der Waals surface area contributed by atoms with Crippen molar-refractivity contribution in [1.29, 1.82) is 0 Å². The van der Waals surface area contributed by atoms with E-state index in [0.717, 1.165) is 23.6 Å². The summed E-state index contributed by atoms with van der Waals surface area (Å²) in [6, 6.07) is 4.30. The highest BCUT2D eigenvalue weighted by atomic mass is 32.1. The van der Waals surface area contributed by atoms with Crippen LogP contribution < -0.4 is 5.32 Å². The smallest absolute Gasteiger partial charge is 0.414 e. The van der Waals surface area contributed by atoms with E-state index in [9.17, 15) is 0 Å². The first kappa shape index (κ1) is 19.2. The molecule has 0 aliphatic heterocycles. The minimum absolute atomic E-state index is 0.928. The van der Waals surface area contributed by atoms with E-state index in [1.807, 2.05) is 22.7 Å². The summed E-state index contributed by atoms with van der Waals surface area (Å²) in [5, 5.41) is 21.7. The Morgan fingerprint density at radius 2 is 1.93 bits per heavy atom. The predicted octanol–water partition coefficient (Wildman–Crippen LogP) is 3.44. The van der Waals surface area contributed by atoms with Crippen LogP contribution in [0.4, 0.5) is 5.82 Å². The van der Waals surface area contributed by atoms with Gasteiger partial charge in [0.15, 0.2) is 0 Å². The summed E-state index contributed by atoms with van der Waals surface area (Å²) >= 11 is 3.67. The minimum Gasteiger partial charge on any atom is -0.473 e. The lowest BCUT2D eigenvalue weighted by atomic mass is 9.97. The summed E-state index contributed by atoms with van der Waals surface area (Å²) in [4.78, 5) is 31.3. The van der Waals surface area contributed by atoms with Gasteiger partial charge in [0.1, 0.15) is 17.0 Å². The van der Waals surface area contributed by atoms with E-state index < -0.39 is 11.9 Å². The van der Waals surface area contributed by atoms with Crippen LogP contribution in [-0.4, -0.2) is 38.7 Å². The van der Waals surface area contributed by atoms with Gasteiger partial charge in [0.05, 0.1) is 5.39 Å². The standard InChI is InChI=1S/C16H17N3S2.C2H2O4/c1-2-6-13-12(5-1)14-15(18-10-19-16(14)21-13)17-8-7-11-4-3-9-20-11;3-1(4)2(5)6/h3-4,9-10H,1-2,5-8H2,(H,17,18,19);(H,3,4)(H,5,6). The fourth-order valence-corrected chi connectivity index (χ4v) is 4.92. The second-order valence-corrected chi connectivity index (χ2v) is 8.10. The highest BCUT2D eigenvalue weighted by Gasteiger charge is 2.19. The van der Waals surface area contributed by atoms with Crippen molar-refractivity contribution in [2.75, 3.05) is 11.9 Å². The Labute approximate surface area is 163 Å². The summed E-state index contributed by atoms with van der Waals surface area (Å²) in [7, 11) is 0. The van der Waals surface area contributed by atoms with Crippen LogP contribution >= 0.6 is 22.7 Å². The molecule has 0 amide bonds. The molecular weight excluding hydrogens is 386 g/mol.